The van der Waals surface area contributed by atoms with E-state index in [-0.39, 0.29) is 5.60 Å². The quantitative estimate of drug-likeness (QED) is 0.546. The van der Waals surface area contributed by atoms with Crippen molar-refractivity contribution in [2.45, 2.75) is 65.3 Å². The molecule has 1 aromatic carbocycles. The molecule has 1 rings (SSSR count). The zero-order valence-electron chi connectivity index (χ0n) is 13.8. The van der Waals surface area contributed by atoms with Gasteiger partial charge in [0.15, 0.2) is 8.32 Å². The fourth-order valence-electron chi connectivity index (χ4n) is 2.15. The van der Waals surface area contributed by atoms with Gasteiger partial charge in [-0.1, -0.05) is 37.3 Å². The van der Waals surface area contributed by atoms with Crippen molar-refractivity contribution in [2.75, 3.05) is 0 Å². The molecule has 0 radical (unpaired) electrons. The van der Waals surface area contributed by atoms with Crippen LogP contribution in [0.5, 0.6) is 0 Å². The maximum Gasteiger partial charge on any atom is 0.185 e. The monoisotopic (exact) mass is 288 g/mol. The third kappa shape index (κ3) is 6.93. The van der Waals surface area contributed by atoms with Crippen LogP contribution in [0, 0.1) is 11.8 Å². The second-order valence-electron chi connectivity index (χ2n) is 6.78. The highest BCUT2D eigenvalue weighted by molar-refractivity contribution is 6.69. The lowest BCUT2D eigenvalue weighted by atomic mass is 10.1. The molecule has 0 unspecified atom stereocenters. The molecule has 0 bridgehead atoms. The van der Waals surface area contributed by atoms with Gasteiger partial charge in [0.25, 0.3) is 0 Å². The summed E-state index contributed by atoms with van der Waals surface area (Å²) < 4.78 is 6.09. The highest BCUT2D eigenvalue weighted by atomic mass is 28.4. The predicted octanol–water partition coefficient (Wildman–Crippen LogP) is 5.01. The fraction of sp³-hybridized carbons (Fsp3) is 0.556. The summed E-state index contributed by atoms with van der Waals surface area (Å²) >= 11 is 0. The van der Waals surface area contributed by atoms with Gasteiger partial charge in [-0.25, -0.2) is 0 Å². The van der Waals surface area contributed by atoms with E-state index in [0.29, 0.717) is 0 Å². The first-order chi connectivity index (χ1) is 9.22. The molecule has 2 heteroatoms. The SMILES string of the molecule is CCCCc1ccc(C#CC(C)(C)O[Si](C)(C)C)cc1. The normalized spacial score (nSPS) is 11.9. The molecular formula is C18H28OSi. The molecule has 0 saturated carbocycles. The molecule has 0 N–H and O–H groups in total. The maximum atomic E-state index is 6.09. The summed E-state index contributed by atoms with van der Waals surface area (Å²) in [6.07, 6.45) is 3.65. The van der Waals surface area contributed by atoms with E-state index in [1.807, 2.05) is 13.8 Å². The molecule has 1 aromatic rings. The van der Waals surface area contributed by atoms with Gasteiger partial charge in [-0.3, -0.25) is 0 Å². The summed E-state index contributed by atoms with van der Waals surface area (Å²) in [4.78, 5) is 0. The fourth-order valence-corrected chi connectivity index (χ4v) is 3.73. The summed E-state index contributed by atoms with van der Waals surface area (Å²) in [6, 6.07) is 8.60. The maximum absolute atomic E-state index is 6.09. The molecule has 0 aliphatic rings. The lowest BCUT2D eigenvalue weighted by molar-refractivity contribution is 0.164. The number of aryl methyl sites for hydroxylation is 1. The lowest BCUT2D eigenvalue weighted by Gasteiger charge is -2.28. The van der Waals surface area contributed by atoms with Crippen LogP contribution < -0.4 is 0 Å². The molecule has 0 aliphatic heterocycles. The van der Waals surface area contributed by atoms with E-state index in [1.165, 1.54) is 18.4 Å². The Balaban J connectivity index is 2.71. The Hall–Kier alpha value is -1.04. The number of rotatable bonds is 5. The van der Waals surface area contributed by atoms with E-state index in [1.54, 1.807) is 0 Å². The number of hydrogen-bond donors (Lipinski definition) is 0. The number of benzene rings is 1. The van der Waals surface area contributed by atoms with E-state index < -0.39 is 8.32 Å². The molecule has 0 aromatic heterocycles. The van der Waals surface area contributed by atoms with Gasteiger partial charge in [-0.2, -0.15) is 0 Å². The Morgan fingerprint density at radius 3 is 2.20 bits per heavy atom. The second kappa shape index (κ2) is 7.11. The first-order valence-corrected chi connectivity index (χ1v) is 10.9. The molecule has 0 aliphatic carbocycles. The van der Waals surface area contributed by atoms with Crippen LogP contribution in [0.4, 0.5) is 0 Å². The molecule has 0 amide bonds. The largest absolute Gasteiger partial charge is 0.402 e. The standard InChI is InChI=1S/C18H28OSi/c1-7-8-9-16-10-12-17(13-11-16)14-15-18(2,3)19-20(4,5)6/h10-13H,7-9H2,1-6H3. The van der Waals surface area contributed by atoms with Gasteiger partial charge >= 0.3 is 0 Å². The van der Waals surface area contributed by atoms with Crippen LogP contribution in [0.2, 0.25) is 19.6 Å². The van der Waals surface area contributed by atoms with E-state index in [9.17, 15) is 0 Å². The Kier molecular flexibility index (Phi) is 6.04. The van der Waals surface area contributed by atoms with Gasteiger partial charge in [0.05, 0.1) is 0 Å². The number of unbranched alkanes of at least 4 members (excludes halogenated alkanes) is 1. The van der Waals surface area contributed by atoms with Crippen molar-refractivity contribution < 1.29 is 4.43 Å². The van der Waals surface area contributed by atoms with Gasteiger partial charge in [-0.15, -0.1) is 0 Å². The molecule has 110 valence electrons. The second-order valence-corrected chi connectivity index (χ2v) is 11.2. The Bertz CT molecular complexity index is 469. The molecule has 0 atom stereocenters. The van der Waals surface area contributed by atoms with Gasteiger partial charge in [0.1, 0.15) is 5.60 Å². The van der Waals surface area contributed by atoms with Crippen molar-refractivity contribution in [1.82, 2.24) is 0 Å². The van der Waals surface area contributed by atoms with Crippen molar-refractivity contribution in [3.8, 4) is 11.8 Å². The summed E-state index contributed by atoms with van der Waals surface area (Å²) in [5.74, 6) is 6.50. The minimum Gasteiger partial charge on any atom is -0.402 e. The van der Waals surface area contributed by atoms with Crippen LogP contribution in [0.3, 0.4) is 0 Å². The zero-order chi connectivity index (χ0) is 15.2. The van der Waals surface area contributed by atoms with Crippen molar-refractivity contribution >= 4 is 8.32 Å². The van der Waals surface area contributed by atoms with E-state index >= 15 is 0 Å². The van der Waals surface area contributed by atoms with E-state index in [4.69, 9.17) is 4.43 Å². The zero-order valence-corrected chi connectivity index (χ0v) is 14.8. The van der Waals surface area contributed by atoms with Crippen LogP contribution in [0.15, 0.2) is 24.3 Å². The number of hydrogen-bond acceptors (Lipinski definition) is 1. The molecule has 0 heterocycles. The lowest BCUT2D eigenvalue weighted by Crippen LogP contribution is -2.37. The Labute approximate surface area is 125 Å². The molecular weight excluding hydrogens is 260 g/mol. The van der Waals surface area contributed by atoms with Crippen molar-refractivity contribution in [1.29, 1.82) is 0 Å². The molecule has 0 spiro atoms. The van der Waals surface area contributed by atoms with Crippen molar-refractivity contribution in [2.24, 2.45) is 0 Å². The van der Waals surface area contributed by atoms with Gasteiger partial charge in [0, 0.05) is 5.56 Å². The molecule has 20 heavy (non-hydrogen) atoms. The third-order valence-corrected chi connectivity index (χ3v) is 3.96. The van der Waals surface area contributed by atoms with E-state index in [0.717, 1.165) is 12.0 Å². The predicted molar refractivity (Wildman–Crippen MR) is 90.4 cm³/mol. The molecule has 1 nitrogen and oxygen atoms in total. The topological polar surface area (TPSA) is 9.23 Å². The van der Waals surface area contributed by atoms with E-state index in [2.05, 4.69) is 62.7 Å². The van der Waals surface area contributed by atoms with Crippen molar-refractivity contribution in [3.05, 3.63) is 35.4 Å². The summed E-state index contributed by atoms with van der Waals surface area (Å²) in [7, 11) is -1.56. The van der Waals surface area contributed by atoms with Crippen LogP contribution in [0.1, 0.15) is 44.7 Å². The highest BCUT2D eigenvalue weighted by Crippen LogP contribution is 2.16. The minimum atomic E-state index is -1.56. The summed E-state index contributed by atoms with van der Waals surface area (Å²) in [5.41, 5.74) is 2.10. The highest BCUT2D eigenvalue weighted by Gasteiger charge is 2.25. The summed E-state index contributed by atoms with van der Waals surface area (Å²) in [6.45, 7) is 12.9. The molecule has 0 saturated heterocycles. The third-order valence-electron chi connectivity index (χ3n) is 2.84. The van der Waals surface area contributed by atoms with Crippen LogP contribution in [-0.4, -0.2) is 13.9 Å². The smallest absolute Gasteiger partial charge is 0.185 e. The average Bonchev–Trinajstić information content (AvgIpc) is 2.32. The van der Waals surface area contributed by atoms with Gasteiger partial charge in [0.2, 0.25) is 0 Å². The average molecular weight is 289 g/mol. The molecule has 0 fully saturated rings. The van der Waals surface area contributed by atoms with Crippen molar-refractivity contribution in [3.63, 3.8) is 0 Å². The van der Waals surface area contributed by atoms with Gasteiger partial charge < -0.3 is 4.43 Å². The van der Waals surface area contributed by atoms with Crippen LogP contribution >= 0.6 is 0 Å². The van der Waals surface area contributed by atoms with Crippen LogP contribution in [0.25, 0.3) is 0 Å². The minimum absolute atomic E-state index is 0.370. The van der Waals surface area contributed by atoms with Crippen LogP contribution in [-0.2, 0) is 10.8 Å². The Morgan fingerprint density at radius 1 is 1.10 bits per heavy atom. The summed E-state index contributed by atoms with van der Waals surface area (Å²) in [5, 5.41) is 0. The van der Waals surface area contributed by atoms with Gasteiger partial charge in [-0.05, 0) is 64.0 Å². The first-order valence-electron chi connectivity index (χ1n) is 7.54. The Morgan fingerprint density at radius 2 is 1.70 bits per heavy atom. The first kappa shape index (κ1) is 17.0.